The number of aliphatic carboxylic acids is 1. The first-order chi connectivity index (χ1) is 7.04. The number of rotatable bonds is 4. The van der Waals surface area contributed by atoms with E-state index < -0.39 is 24.0 Å². The molecule has 1 saturated heterocycles. The lowest BCUT2D eigenvalue weighted by molar-refractivity contribution is -0.142. The van der Waals surface area contributed by atoms with Crippen LogP contribution >= 0.6 is 0 Å². The summed E-state index contributed by atoms with van der Waals surface area (Å²) in [4.78, 5) is 33.0. The van der Waals surface area contributed by atoms with Crippen LogP contribution in [0.2, 0.25) is 0 Å². The molecule has 15 heavy (non-hydrogen) atoms. The largest absolute Gasteiger partial charge is 0.480 e. The summed E-state index contributed by atoms with van der Waals surface area (Å²) < 4.78 is 0. The second kappa shape index (κ2) is 4.77. The number of carboxylic acids is 1. The molecule has 1 aliphatic heterocycles. The SMILES string of the molecule is CC[C@@H](NC(=O)C1CCC(=O)N1)C(=O)O. The van der Waals surface area contributed by atoms with Crippen LogP contribution in [0.5, 0.6) is 0 Å². The first kappa shape index (κ1) is 11.5. The lowest BCUT2D eigenvalue weighted by atomic mass is 10.1. The first-order valence-electron chi connectivity index (χ1n) is 4.87. The standard InChI is InChI=1S/C9H14N2O4/c1-2-5(9(14)15)11-8(13)6-3-4-7(12)10-6/h5-6H,2-4H2,1H3,(H,10,12)(H,11,13)(H,14,15)/t5-,6?/m1/s1. The maximum Gasteiger partial charge on any atom is 0.326 e. The van der Waals surface area contributed by atoms with Gasteiger partial charge in [0.2, 0.25) is 11.8 Å². The van der Waals surface area contributed by atoms with Crippen molar-refractivity contribution < 1.29 is 19.5 Å². The summed E-state index contributed by atoms with van der Waals surface area (Å²) in [5, 5.41) is 13.6. The van der Waals surface area contributed by atoms with Crippen LogP contribution in [-0.2, 0) is 14.4 Å². The second-order valence-electron chi connectivity index (χ2n) is 3.47. The Morgan fingerprint density at radius 2 is 2.33 bits per heavy atom. The topological polar surface area (TPSA) is 95.5 Å². The van der Waals surface area contributed by atoms with E-state index in [0.29, 0.717) is 19.3 Å². The third-order valence-corrected chi connectivity index (χ3v) is 2.33. The molecule has 1 fully saturated rings. The van der Waals surface area contributed by atoms with Gasteiger partial charge in [-0.15, -0.1) is 0 Å². The van der Waals surface area contributed by atoms with Gasteiger partial charge in [-0.05, 0) is 12.8 Å². The van der Waals surface area contributed by atoms with Crippen molar-refractivity contribution in [2.75, 3.05) is 0 Å². The summed E-state index contributed by atoms with van der Waals surface area (Å²) in [5.74, 6) is -1.65. The highest BCUT2D eigenvalue weighted by Gasteiger charge is 2.29. The van der Waals surface area contributed by atoms with Crippen molar-refractivity contribution in [3.05, 3.63) is 0 Å². The number of hydrogen-bond donors (Lipinski definition) is 3. The number of carbonyl (C=O) groups excluding carboxylic acids is 2. The van der Waals surface area contributed by atoms with E-state index in [4.69, 9.17) is 5.11 Å². The Balaban J connectivity index is 2.47. The lowest BCUT2D eigenvalue weighted by Gasteiger charge is -2.15. The molecule has 1 heterocycles. The molecular formula is C9H14N2O4. The van der Waals surface area contributed by atoms with Crippen LogP contribution in [0.4, 0.5) is 0 Å². The molecule has 0 saturated carbocycles. The molecule has 1 aliphatic rings. The van der Waals surface area contributed by atoms with Crippen LogP contribution in [0.25, 0.3) is 0 Å². The van der Waals surface area contributed by atoms with E-state index in [9.17, 15) is 14.4 Å². The fourth-order valence-corrected chi connectivity index (χ4v) is 1.42. The van der Waals surface area contributed by atoms with Crippen LogP contribution in [-0.4, -0.2) is 35.0 Å². The zero-order chi connectivity index (χ0) is 11.4. The second-order valence-corrected chi connectivity index (χ2v) is 3.47. The van der Waals surface area contributed by atoms with Crippen molar-refractivity contribution in [2.24, 2.45) is 0 Å². The van der Waals surface area contributed by atoms with E-state index in [2.05, 4.69) is 10.6 Å². The fraction of sp³-hybridized carbons (Fsp3) is 0.667. The van der Waals surface area contributed by atoms with Gasteiger partial charge in [-0.3, -0.25) is 9.59 Å². The Morgan fingerprint density at radius 1 is 1.67 bits per heavy atom. The Hall–Kier alpha value is -1.59. The predicted octanol–water partition coefficient (Wildman–Crippen LogP) is -0.756. The van der Waals surface area contributed by atoms with Crippen molar-refractivity contribution in [3.63, 3.8) is 0 Å². The van der Waals surface area contributed by atoms with Gasteiger partial charge in [-0.1, -0.05) is 6.92 Å². The van der Waals surface area contributed by atoms with Gasteiger partial charge < -0.3 is 15.7 Å². The predicted molar refractivity (Wildman–Crippen MR) is 51.0 cm³/mol. The lowest BCUT2D eigenvalue weighted by Crippen LogP contribution is -2.48. The average molecular weight is 214 g/mol. The fourth-order valence-electron chi connectivity index (χ4n) is 1.42. The molecule has 0 aromatic rings. The van der Waals surface area contributed by atoms with Gasteiger partial charge >= 0.3 is 5.97 Å². The van der Waals surface area contributed by atoms with E-state index in [1.54, 1.807) is 6.92 Å². The van der Waals surface area contributed by atoms with Crippen LogP contribution in [0.1, 0.15) is 26.2 Å². The Bertz CT molecular complexity index is 290. The number of carbonyl (C=O) groups is 3. The van der Waals surface area contributed by atoms with E-state index in [0.717, 1.165) is 0 Å². The van der Waals surface area contributed by atoms with Crippen LogP contribution in [0, 0.1) is 0 Å². The smallest absolute Gasteiger partial charge is 0.326 e. The number of nitrogens with one attached hydrogen (secondary N) is 2. The molecule has 0 bridgehead atoms. The molecule has 2 amide bonds. The quantitative estimate of drug-likeness (QED) is 0.573. The summed E-state index contributed by atoms with van der Waals surface area (Å²) in [6.07, 6.45) is 1.07. The monoisotopic (exact) mass is 214 g/mol. The minimum atomic E-state index is -1.06. The normalized spacial score (nSPS) is 21.9. The number of hydrogen-bond acceptors (Lipinski definition) is 3. The van der Waals surface area contributed by atoms with E-state index in [-0.39, 0.29) is 5.91 Å². The summed E-state index contributed by atoms with van der Waals surface area (Å²) in [5.41, 5.74) is 0. The minimum Gasteiger partial charge on any atom is -0.480 e. The van der Waals surface area contributed by atoms with E-state index in [1.807, 2.05) is 0 Å². The molecule has 6 nitrogen and oxygen atoms in total. The molecule has 0 aromatic carbocycles. The van der Waals surface area contributed by atoms with Crippen molar-refractivity contribution in [1.82, 2.24) is 10.6 Å². The molecular weight excluding hydrogens is 200 g/mol. The first-order valence-corrected chi connectivity index (χ1v) is 4.87. The molecule has 6 heteroatoms. The summed E-state index contributed by atoms with van der Waals surface area (Å²) >= 11 is 0. The molecule has 0 aliphatic carbocycles. The van der Waals surface area contributed by atoms with Crippen molar-refractivity contribution in [3.8, 4) is 0 Å². The molecule has 3 N–H and O–H groups in total. The minimum absolute atomic E-state index is 0.168. The molecule has 1 rings (SSSR count). The molecule has 0 aromatic heterocycles. The highest BCUT2D eigenvalue weighted by Crippen LogP contribution is 2.06. The number of carboxylic acid groups (broad SMARTS) is 1. The summed E-state index contributed by atoms with van der Waals surface area (Å²) in [7, 11) is 0. The van der Waals surface area contributed by atoms with E-state index >= 15 is 0 Å². The van der Waals surface area contributed by atoms with Crippen LogP contribution < -0.4 is 10.6 Å². The van der Waals surface area contributed by atoms with E-state index in [1.165, 1.54) is 0 Å². The maximum absolute atomic E-state index is 11.5. The molecule has 0 spiro atoms. The van der Waals surface area contributed by atoms with Crippen LogP contribution in [0.3, 0.4) is 0 Å². The third-order valence-electron chi connectivity index (χ3n) is 2.33. The zero-order valence-corrected chi connectivity index (χ0v) is 8.45. The molecule has 0 radical (unpaired) electrons. The van der Waals surface area contributed by atoms with Gasteiger partial charge in [0.25, 0.3) is 0 Å². The van der Waals surface area contributed by atoms with Crippen molar-refractivity contribution >= 4 is 17.8 Å². The number of amides is 2. The van der Waals surface area contributed by atoms with Gasteiger partial charge in [0.1, 0.15) is 12.1 Å². The Labute approximate surface area is 87.0 Å². The average Bonchev–Trinajstić information content (AvgIpc) is 2.60. The van der Waals surface area contributed by atoms with Gasteiger partial charge in [0.15, 0.2) is 0 Å². The van der Waals surface area contributed by atoms with Gasteiger partial charge in [-0.2, -0.15) is 0 Å². The Morgan fingerprint density at radius 3 is 2.73 bits per heavy atom. The highest BCUT2D eigenvalue weighted by molar-refractivity contribution is 5.92. The van der Waals surface area contributed by atoms with Gasteiger partial charge in [-0.25, -0.2) is 4.79 Å². The molecule has 84 valence electrons. The zero-order valence-electron chi connectivity index (χ0n) is 8.45. The summed E-state index contributed by atoms with van der Waals surface area (Å²) in [6.45, 7) is 1.67. The highest BCUT2D eigenvalue weighted by atomic mass is 16.4. The van der Waals surface area contributed by atoms with Crippen LogP contribution in [0.15, 0.2) is 0 Å². The molecule has 2 atom stereocenters. The molecule has 1 unspecified atom stereocenters. The summed E-state index contributed by atoms with van der Waals surface area (Å²) in [6, 6.07) is -1.46. The maximum atomic E-state index is 11.5. The third kappa shape index (κ3) is 2.93. The van der Waals surface area contributed by atoms with Gasteiger partial charge in [0.05, 0.1) is 0 Å². The van der Waals surface area contributed by atoms with Gasteiger partial charge in [0, 0.05) is 6.42 Å². The Kier molecular flexibility index (Phi) is 3.65. The van der Waals surface area contributed by atoms with Crippen molar-refractivity contribution in [2.45, 2.75) is 38.3 Å². The van der Waals surface area contributed by atoms with Crippen molar-refractivity contribution in [1.29, 1.82) is 0 Å².